The summed E-state index contributed by atoms with van der Waals surface area (Å²) in [5, 5.41) is 21.6. The van der Waals surface area contributed by atoms with Crippen LogP contribution in [0.4, 0.5) is 0 Å². The topological polar surface area (TPSA) is 63.0 Å². The quantitative estimate of drug-likeness (QED) is 0.800. The molecule has 5 nitrogen and oxygen atoms in total. The molecule has 0 saturated carbocycles. The lowest BCUT2D eigenvalue weighted by Crippen LogP contribution is -2.31. The van der Waals surface area contributed by atoms with Crippen LogP contribution >= 0.6 is 0 Å². The standard InChI is InChI=1S/C11H20N4O/c1-8(2)15-10(7-13-14-15)11(16)9-3-5-12-6-4-9/h7-9,11-12,16H,3-6H2,1-2H3. The lowest BCUT2D eigenvalue weighted by Gasteiger charge is -2.27. The Labute approximate surface area is 95.8 Å². The zero-order chi connectivity index (χ0) is 11.5. The first kappa shape index (κ1) is 11.5. The molecule has 1 aliphatic rings. The molecule has 1 unspecified atom stereocenters. The van der Waals surface area contributed by atoms with Gasteiger partial charge in [-0.25, -0.2) is 4.68 Å². The third-order valence-electron chi connectivity index (χ3n) is 3.23. The summed E-state index contributed by atoms with van der Waals surface area (Å²) in [6, 6.07) is 0.244. The van der Waals surface area contributed by atoms with Crippen LogP contribution in [0.15, 0.2) is 6.20 Å². The molecule has 0 bridgehead atoms. The Morgan fingerprint density at radius 3 is 2.75 bits per heavy atom. The maximum absolute atomic E-state index is 10.3. The van der Waals surface area contributed by atoms with Gasteiger partial charge in [0.1, 0.15) is 6.10 Å². The first-order valence-electron chi connectivity index (χ1n) is 5.99. The zero-order valence-corrected chi connectivity index (χ0v) is 9.93. The summed E-state index contributed by atoms with van der Waals surface area (Å²) in [5.74, 6) is 0.331. The van der Waals surface area contributed by atoms with Crippen LogP contribution in [-0.2, 0) is 0 Å². The number of aliphatic hydroxyl groups is 1. The van der Waals surface area contributed by atoms with E-state index in [1.807, 2.05) is 18.5 Å². The predicted octanol–water partition coefficient (Wildman–Crippen LogP) is 0.892. The minimum atomic E-state index is -0.431. The van der Waals surface area contributed by atoms with Crippen molar-refractivity contribution in [2.45, 2.75) is 38.8 Å². The van der Waals surface area contributed by atoms with Crippen molar-refractivity contribution in [3.05, 3.63) is 11.9 Å². The third kappa shape index (κ3) is 2.25. The molecular formula is C11H20N4O. The van der Waals surface area contributed by atoms with Crippen LogP contribution in [0.1, 0.15) is 44.5 Å². The van der Waals surface area contributed by atoms with E-state index in [0.717, 1.165) is 31.6 Å². The van der Waals surface area contributed by atoms with Gasteiger partial charge in [0.05, 0.1) is 11.9 Å². The molecule has 0 spiro atoms. The van der Waals surface area contributed by atoms with E-state index in [-0.39, 0.29) is 6.04 Å². The van der Waals surface area contributed by atoms with Crippen LogP contribution in [0.5, 0.6) is 0 Å². The number of nitrogens with one attached hydrogen (secondary N) is 1. The summed E-state index contributed by atoms with van der Waals surface area (Å²) in [4.78, 5) is 0. The maximum atomic E-state index is 10.3. The molecule has 2 N–H and O–H groups in total. The summed E-state index contributed by atoms with van der Waals surface area (Å²) in [7, 11) is 0. The minimum absolute atomic E-state index is 0.244. The molecule has 1 aromatic heterocycles. The summed E-state index contributed by atoms with van der Waals surface area (Å²) >= 11 is 0. The number of aromatic nitrogens is 3. The van der Waals surface area contributed by atoms with Crippen molar-refractivity contribution in [1.29, 1.82) is 0 Å². The van der Waals surface area contributed by atoms with Crippen molar-refractivity contribution in [3.63, 3.8) is 0 Å². The predicted molar refractivity (Wildman–Crippen MR) is 61.0 cm³/mol. The monoisotopic (exact) mass is 224 g/mol. The van der Waals surface area contributed by atoms with Gasteiger partial charge in [0.25, 0.3) is 0 Å². The molecule has 16 heavy (non-hydrogen) atoms. The van der Waals surface area contributed by atoms with Crippen molar-refractivity contribution in [3.8, 4) is 0 Å². The molecule has 0 aliphatic carbocycles. The molecule has 2 rings (SSSR count). The Bertz CT molecular complexity index is 330. The summed E-state index contributed by atoms with van der Waals surface area (Å²) in [6.45, 7) is 6.08. The van der Waals surface area contributed by atoms with Crippen LogP contribution in [0.25, 0.3) is 0 Å². The normalized spacial score (nSPS) is 20.2. The lowest BCUT2D eigenvalue weighted by molar-refractivity contribution is 0.0795. The maximum Gasteiger partial charge on any atom is 0.100 e. The molecular weight excluding hydrogens is 204 g/mol. The van der Waals surface area contributed by atoms with Crippen molar-refractivity contribution in [1.82, 2.24) is 20.3 Å². The van der Waals surface area contributed by atoms with E-state index >= 15 is 0 Å². The van der Waals surface area contributed by atoms with Gasteiger partial charge >= 0.3 is 0 Å². The van der Waals surface area contributed by atoms with Gasteiger partial charge in [-0.15, -0.1) is 5.10 Å². The van der Waals surface area contributed by atoms with E-state index in [2.05, 4.69) is 15.6 Å². The fraction of sp³-hybridized carbons (Fsp3) is 0.818. The van der Waals surface area contributed by atoms with Crippen LogP contribution < -0.4 is 5.32 Å². The number of hydrogen-bond donors (Lipinski definition) is 2. The van der Waals surface area contributed by atoms with E-state index in [9.17, 15) is 5.11 Å². The van der Waals surface area contributed by atoms with Gasteiger partial charge < -0.3 is 10.4 Å². The van der Waals surface area contributed by atoms with Gasteiger partial charge in [-0.2, -0.15) is 0 Å². The molecule has 0 aromatic carbocycles. The van der Waals surface area contributed by atoms with Crippen molar-refractivity contribution < 1.29 is 5.11 Å². The highest BCUT2D eigenvalue weighted by Gasteiger charge is 2.26. The molecule has 0 radical (unpaired) electrons. The van der Waals surface area contributed by atoms with Crippen LogP contribution in [0, 0.1) is 5.92 Å². The molecule has 1 atom stereocenters. The SMILES string of the molecule is CC(C)n1nncc1C(O)C1CCNCC1. The van der Waals surface area contributed by atoms with Gasteiger partial charge in [-0.05, 0) is 45.7 Å². The highest BCUT2D eigenvalue weighted by Crippen LogP contribution is 2.29. The average Bonchev–Trinajstić information content (AvgIpc) is 2.78. The number of hydrogen-bond acceptors (Lipinski definition) is 4. The Hall–Kier alpha value is -0.940. The van der Waals surface area contributed by atoms with Crippen LogP contribution in [0.2, 0.25) is 0 Å². The second-order valence-electron chi connectivity index (χ2n) is 4.73. The lowest BCUT2D eigenvalue weighted by atomic mass is 9.90. The Balaban J connectivity index is 2.12. The van der Waals surface area contributed by atoms with Gasteiger partial charge in [-0.1, -0.05) is 5.21 Å². The third-order valence-corrected chi connectivity index (χ3v) is 3.23. The van der Waals surface area contributed by atoms with Crippen LogP contribution in [0.3, 0.4) is 0 Å². The minimum Gasteiger partial charge on any atom is -0.386 e. The molecule has 1 aliphatic heterocycles. The van der Waals surface area contributed by atoms with E-state index in [0.29, 0.717) is 5.92 Å². The summed E-state index contributed by atoms with van der Waals surface area (Å²) < 4.78 is 1.81. The highest BCUT2D eigenvalue weighted by molar-refractivity contribution is 5.02. The van der Waals surface area contributed by atoms with Gasteiger partial charge in [-0.3, -0.25) is 0 Å². The molecule has 1 aromatic rings. The Morgan fingerprint density at radius 2 is 2.12 bits per heavy atom. The Morgan fingerprint density at radius 1 is 1.44 bits per heavy atom. The fourth-order valence-electron chi connectivity index (χ4n) is 2.27. The molecule has 1 fully saturated rings. The summed E-state index contributed by atoms with van der Waals surface area (Å²) in [5.41, 5.74) is 0.849. The van der Waals surface area contributed by atoms with Gasteiger partial charge in [0.2, 0.25) is 0 Å². The number of rotatable bonds is 3. The molecule has 1 saturated heterocycles. The molecule has 5 heteroatoms. The second-order valence-corrected chi connectivity index (χ2v) is 4.73. The van der Waals surface area contributed by atoms with Crippen molar-refractivity contribution in [2.24, 2.45) is 5.92 Å². The first-order chi connectivity index (χ1) is 7.70. The van der Waals surface area contributed by atoms with E-state index < -0.39 is 6.10 Å². The van der Waals surface area contributed by atoms with Crippen molar-refractivity contribution >= 4 is 0 Å². The number of aliphatic hydroxyl groups excluding tert-OH is 1. The Kier molecular flexibility index (Phi) is 3.56. The second kappa shape index (κ2) is 4.93. The van der Waals surface area contributed by atoms with E-state index in [1.54, 1.807) is 6.20 Å². The average molecular weight is 224 g/mol. The highest BCUT2D eigenvalue weighted by atomic mass is 16.3. The van der Waals surface area contributed by atoms with Crippen molar-refractivity contribution in [2.75, 3.05) is 13.1 Å². The van der Waals surface area contributed by atoms with E-state index in [1.165, 1.54) is 0 Å². The first-order valence-corrected chi connectivity index (χ1v) is 5.99. The largest absolute Gasteiger partial charge is 0.386 e. The smallest absolute Gasteiger partial charge is 0.100 e. The fourth-order valence-corrected chi connectivity index (χ4v) is 2.27. The number of nitrogens with zero attached hydrogens (tertiary/aromatic N) is 3. The van der Waals surface area contributed by atoms with E-state index in [4.69, 9.17) is 0 Å². The van der Waals surface area contributed by atoms with Crippen LogP contribution in [-0.4, -0.2) is 33.2 Å². The van der Waals surface area contributed by atoms with Gasteiger partial charge in [0, 0.05) is 6.04 Å². The molecule has 90 valence electrons. The molecule has 0 amide bonds. The zero-order valence-electron chi connectivity index (χ0n) is 9.93. The molecule has 2 heterocycles. The number of piperidine rings is 1. The van der Waals surface area contributed by atoms with Gasteiger partial charge in [0.15, 0.2) is 0 Å². The summed E-state index contributed by atoms with van der Waals surface area (Å²) in [6.07, 6.45) is 3.29.